The number of rotatable bonds is 2. The summed E-state index contributed by atoms with van der Waals surface area (Å²) in [6.07, 6.45) is 0.372. The minimum absolute atomic E-state index is 0.0410. The van der Waals surface area contributed by atoms with Gasteiger partial charge in [-0.2, -0.15) is 5.10 Å². The Labute approximate surface area is 105 Å². The molecule has 2 heterocycles. The van der Waals surface area contributed by atoms with Gasteiger partial charge in [0.25, 0.3) is 0 Å². The highest BCUT2D eigenvalue weighted by molar-refractivity contribution is 5.61. The summed E-state index contributed by atoms with van der Waals surface area (Å²) in [4.78, 5) is 12.6. The summed E-state index contributed by atoms with van der Waals surface area (Å²) >= 11 is 0. The van der Waals surface area contributed by atoms with E-state index >= 15 is 0 Å². The molecule has 1 aromatic rings. The highest BCUT2D eigenvalue weighted by Gasteiger charge is 2.33. The highest BCUT2D eigenvalue weighted by atomic mass is 16.6. The Morgan fingerprint density at radius 1 is 1.56 bits per heavy atom. The average Bonchev–Trinajstić information content (AvgIpc) is 2.57. The average molecular weight is 254 g/mol. The first kappa shape index (κ1) is 12.8. The number of aliphatic hydroxyl groups excluding tert-OH is 1. The van der Waals surface area contributed by atoms with Crippen molar-refractivity contribution in [3.8, 4) is 0 Å². The van der Waals surface area contributed by atoms with E-state index in [9.17, 15) is 15.2 Å². The first-order valence-electron chi connectivity index (χ1n) is 6.02. The first-order chi connectivity index (χ1) is 8.41. The van der Waals surface area contributed by atoms with Crippen molar-refractivity contribution >= 4 is 11.5 Å². The van der Waals surface area contributed by atoms with Crippen LogP contribution in [0.4, 0.5) is 11.5 Å². The van der Waals surface area contributed by atoms with Gasteiger partial charge in [0.15, 0.2) is 0 Å². The predicted molar refractivity (Wildman–Crippen MR) is 66.6 cm³/mol. The molecule has 0 saturated carbocycles. The molecule has 0 bridgehead atoms. The summed E-state index contributed by atoms with van der Waals surface area (Å²) < 4.78 is 1.52. The number of piperidine rings is 1. The lowest BCUT2D eigenvalue weighted by Crippen LogP contribution is -2.43. The van der Waals surface area contributed by atoms with Crippen molar-refractivity contribution in [2.24, 2.45) is 13.0 Å². The molecule has 2 rings (SSSR count). The smallest absolute Gasteiger partial charge is 0.333 e. The monoisotopic (exact) mass is 254 g/mol. The van der Waals surface area contributed by atoms with E-state index in [2.05, 4.69) is 5.10 Å². The SMILES string of the molecule is Cc1nn(C)c(N2CCC(C)C(O)C2)c1[N+](=O)[O-]. The van der Waals surface area contributed by atoms with Gasteiger partial charge in [-0.3, -0.25) is 10.1 Å². The maximum atomic E-state index is 11.1. The molecule has 1 saturated heterocycles. The number of aromatic nitrogens is 2. The number of aliphatic hydroxyl groups is 1. The van der Waals surface area contributed by atoms with Crippen molar-refractivity contribution in [2.75, 3.05) is 18.0 Å². The summed E-state index contributed by atoms with van der Waals surface area (Å²) in [6, 6.07) is 0. The number of nitrogens with zero attached hydrogens (tertiary/aromatic N) is 4. The van der Waals surface area contributed by atoms with Gasteiger partial charge in [-0.15, -0.1) is 0 Å². The Hall–Kier alpha value is -1.63. The fourth-order valence-electron chi connectivity index (χ4n) is 2.44. The third-order valence-electron chi connectivity index (χ3n) is 3.56. The molecule has 1 N–H and O–H groups in total. The van der Waals surface area contributed by atoms with Crippen LogP contribution < -0.4 is 4.90 Å². The summed E-state index contributed by atoms with van der Waals surface area (Å²) in [5.74, 6) is 0.720. The second-order valence-corrected chi connectivity index (χ2v) is 4.92. The molecule has 18 heavy (non-hydrogen) atoms. The van der Waals surface area contributed by atoms with Gasteiger partial charge in [0, 0.05) is 20.1 Å². The van der Waals surface area contributed by atoms with E-state index in [1.807, 2.05) is 11.8 Å². The normalized spacial score (nSPS) is 24.3. The van der Waals surface area contributed by atoms with E-state index in [0.717, 1.165) is 6.42 Å². The molecular formula is C11H18N4O3. The van der Waals surface area contributed by atoms with E-state index in [1.54, 1.807) is 14.0 Å². The van der Waals surface area contributed by atoms with Crippen molar-refractivity contribution in [1.29, 1.82) is 0 Å². The topological polar surface area (TPSA) is 84.4 Å². The van der Waals surface area contributed by atoms with Gasteiger partial charge < -0.3 is 10.0 Å². The fraction of sp³-hybridized carbons (Fsp3) is 0.727. The molecule has 0 aliphatic carbocycles. The van der Waals surface area contributed by atoms with Gasteiger partial charge in [-0.05, 0) is 19.3 Å². The molecule has 0 radical (unpaired) electrons. The number of nitro groups is 1. The molecule has 1 aliphatic rings. The van der Waals surface area contributed by atoms with Crippen LogP contribution in [0.25, 0.3) is 0 Å². The summed E-state index contributed by atoms with van der Waals surface area (Å²) in [5, 5.41) is 25.1. The maximum Gasteiger partial charge on any atom is 0.333 e. The van der Waals surface area contributed by atoms with Crippen molar-refractivity contribution in [3.05, 3.63) is 15.8 Å². The van der Waals surface area contributed by atoms with Crippen molar-refractivity contribution in [1.82, 2.24) is 9.78 Å². The van der Waals surface area contributed by atoms with Gasteiger partial charge in [0.2, 0.25) is 5.82 Å². The van der Waals surface area contributed by atoms with Crippen LogP contribution in [0.1, 0.15) is 19.0 Å². The molecule has 100 valence electrons. The Morgan fingerprint density at radius 3 is 2.78 bits per heavy atom. The lowest BCUT2D eigenvalue weighted by Gasteiger charge is -2.34. The van der Waals surface area contributed by atoms with Crippen LogP contribution in [-0.2, 0) is 7.05 Å². The van der Waals surface area contributed by atoms with Crippen LogP contribution in [0.2, 0.25) is 0 Å². The van der Waals surface area contributed by atoms with Crippen LogP contribution in [0.15, 0.2) is 0 Å². The Kier molecular flexibility index (Phi) is 3.25. The second-order valence-electron chi connectivity index (χ2n) is 4.92. The minimum atomic E-state index is -0.450. The lowest BCUT2D eigenvalue weighted by atomic mass is 9.96. The largest absolute Gasteiger partial charge is 0.391 e. The van der Waals surface area contributed by atoms with Crippen LogP contribution in [0.5, 0.6) is 0 Å². The van der Waals surface area contributed by atoms with Gasteiger partial charge in [-0.25, -0.2) is 4.68 Å². The zero-order valence-corrected chi connectivity index (χ0v) is 10.8. The summed E-state index contributed by atoms with van der Waals surface area (Å²) in [6.45, 7) is 4.74. The van der Waals surface area contributed by atoms with E-state index in [1.165, 1.54) is 4.68 Å². The fourth-order valence-corrected chi connectivity index (χ4v) is 2.44. The molecule has 7 heteroatoms. The van der Waals surface area contributed by atoms with Crippen molar-refractivity contribution in [3.63, 3.8) is 0 Å². The third-order valence-corrected chi connectivity index (χ3v) is 3.56. The third kappa shape index (κ3) is 2.05. The van der Waals surface area contributed by atoms with E-state index in [4.69, 9.17) is 0 Å². The zero-order valence-electron chi connectivity index (χ0n) is 10.8. The molecule has 1 aliphatic heterocycles. The van der Waals surface area contributed by atoms with Crippen LogP contribution in [0, 0.1) is 23.0 Å². The van der Waals surface area contributed by atoms with Crippen LogP contribution in [-0.4, -0.2) is 39.0 Å². The first-order valence-corrected chi connectivity index (χ1v) is 6.02. The van der Waals surface area contributed by atoms with Crippen molar-refractivity contribution < 1.29 is 10.0 Å². The quantitative estimate of drug-likeness (QED) is 0.624. The van der Waals surface area contributed by atoms with Gasteiger partial charge in [0.1, 0.15) is 5.69 Å². The van der Waals surface area contributed by atoms with Crippen LogP contribution >= 0.6 is 0 Å². The molecule has 2 unspecified atom stereocenters. The zero-order chi connectivity index (χ0) is 13.4. The van der Waals surface area contributed by atoms with Gasteiger partial charge >= 0.3 is 5.69 Å². The minimum Gasteiger partial charge on any atom is -0.391 e. The molecule has 7 nitrogen and oxygen atoms in total. The van der Waals surface area contributed by atoms with Crippen molar-refractivity contribution in [2.45, 2.75) is 26.4 Å². The van der Waals surface area contributed by atoms with E-state index in [0.29, 0.717) is 24.6 Å². The molecule has 1 aromatic heterocycles. The highest BCUT2D eigenvalue weighted by Crippen LogP contribution is 2.33. The van der Waals surface area contributed by atoms with Gasteiger partial charge in [-0.1, -0.05) is 6.92 Å². The predicted octanol–water partition coefficient (Wildman–Crippen LogP) is 0.844. The molecule has 0 spiro atoms. The summed E-state index contributed by atoms with van der Waals surface area (Å²) in [7, 11) is 1.69. The van der Waals surface area contributed by atoms with E-state index < -0.39 is 11.0 Å². The standard InChI is InChI=1S/C11H18N4O3/c1-7-4-5-14(6-9(7)16)11-10(15(17)18)8(2)12-13(11)3/h7,9,16H,4-6H2,1-3H3. The second kappa shape index (κ2) is 4.56. The molecular weight excluding hydrogens is 236 g/mol. The van der Waals surface area contributed by atoms with E-state index in [-0.39, 0.29) is 11.6 Å². The summed E-state index contributed by atoms with van der Waals surface area (Å²) in [5.41, 5.74) is 0.449. The Bertz CT molecular complexity index is 471. The number of hydrogen-bond acceptors (Lipinski definition) is 5. The molecule has 2 atom stereocenters. The number of anilines is 1. The van der Waals surface area contributed by atoms with Crippen LogP contribution in [0.3, 0.4) is 0 Å². The molecule has 0 amide bonds. The number of aryl methyl sites for hydroxylation is 2. The Balaban J connectivity index is 2.36. The molecule has 0 aromatic carbocycles. The molecule has 1 fully saturated rings. The number of β-amino-alcohol motifs (C(OH)–C–C–N with tert-alkyl or cyclic N) is 1. The maximum absolute atomic E-state index is 11.1. The Morgan fingerprint density at radius 2 is 2.22 bits per heavy atom. The van der Waals surface area contributed by atoms with Gasteiger partial charge in [0.05, 0.1) is 11.0 Å². The lowest BCUT2D eigenvalue weighted by molar-refractivity contribution is -0.384. The number of hydrogen-bond donors (Lipinski definition) is 1.